The molecule has 2 nitrogen and oxygen atoms in total. The average molecular weight is 196 g/mol. The molecule has 82 valence electrons. The van der Waals surface area contributed by atoms with Crippen LogP contribution in [0.2, 0.25) is 0 Å². The molecular weight excluding hydrogens is 172 g/mol. The molecule has 0 aliphatic carbocycles. The zero-order valence-electron chi connectivity index (χ0n) is 9.47. The number of hydrogen-bond donors (Lipinski definition) is 1. The fourth-order valence-electron chi connectivity index (χ4n) is 3.07. The van der Waals surface area contributed by atoms with E-state index in [9.17, 15) is 0 Å². The van der Waals surface area contributed by atoms with Crippen molar-refractivity contribution >= 4 is 0 Å². The van der Waals surface area contributed by atoms with Crippen LogP contribution >= 0.6 is 0 Å². The maximum absolute atomic E-state index is 3.49. The van der Waals surface area contributed by atoms with Gasteiger partial charge in [-0.3, -0.25) is 4.90 Å². The van der Waals surface area contributed by atoms with Crippen molar-refractivity contribution in [1.82, 2.24) is 10.2 Å². The first-order valence-electron chi connectivity index (χ1n) is 6.38. The van der Waals surface area contributed by atoms with Crippen LogP contribution in [-0.4, -0.2) is 36.6 Å². The highest BCUT2D eigenvalue weighted by Crippen LogP contribution is 2.24. The van der Waals surface area contributed by atoms with Gasteiger partial charge in [-0.1, -0.05) is 19.8 Å². The van der Waals surface area contributed by atoms with Gasteiger partial charge in [0.25, 0.3) is 0 Å². The average Bonchev–Trinajstić information content (AvgIpc) is 2.72. The molecule has 0 bridgehead atoms. The van der Waals surface area contributed by atoms with E-state index in [1.54, 1.807) is 0 Å². The summed E-state index contributed by atoms with van der Waals surface area (Å²) in [6, 6.07) is 1.76. The quantitative estimate of drug-likeness (QED) is 0.743. The molecule has 2 aliphatic rings. The molecule has 2 atom stereocenters. The summed E-state index contributed by atoms with van der Waals surface area (Å²) in [5, 5.41) is 3.49. The van der Waals surface area contributed by atoms with Gasteiger partial charge >= 0.3 is 0 Å². The van der Waals surface area contributed by atoms with Gasteiger partial charge < -0.3 is 5.32 Å². The van der Waals surface area contributed by atoms with Crippen LogP contribution in [0.4, 0.5) is 0 Å². The summed E-state index contributed by atoms with van der Waals surface area (Å²) in [7, 11) is 0. The molecule has 2 rings (SSSR count). The highest BCUT2D eigenvalue weighted by atomic mass is 15.2. The van der Waals surface area contributed by atoms with Crippen LogP contribution < -0.4 is 5.32 Å². The molecule has 2 unspecified atom stereocenters. The lowest BCUT2D eigenvalue weighted by Gasteiger charge is -2.39. The Hall–Kier alpha value is -0.0800. The molecule has 1 N–H and O–H groups in total. The molecule has 2 saturated heterocycles. The molecule has 0 aromatic rings. The van der Waals surface area contributed by atoms with E-state index in [4.69, 9.17) is 0 Å². The number of hydrogen-bond acceptors (Lipinski definition) is 2. The Bertz CT molecular complexity index is 162. The van der Waals surface area contributed by atoms with Crippen molar-refractivity contribution in [3.63, 3.8) is 0 Å². The lowest BCUT2D eigenvalue weighted by atomic mass is 9.96. The first kappa shape index (κ1) is 10.4. The monoisotopic (exact) mass is 196 g/mol. The molecule has 2 heteroatoms. The van der Waals surface area contributed by atoms with Gasteiger partial charge in [-0.25, -0.2) is 0 Å². The molecular formula is C12H24N2. The van der Waals surface area contributed by atoms with Gasteiger partial charge in [-0.15, -0.1) is 0 Å². The fourth-order valence-corrected chi connectivity index (χ4v) is 3.07. The van der Waals surface area contributed by atoms with Crippen LogP contribution in [-0.2, 0) is 0 Å². The van der Waals surface area contributed by atoms with Crippen LogP contribution in [0.15, 0.2) is 0 Å². The minimum absolute atomic E-state index is 0.854. The van der Waals surface area contributed by atoms with Crippen LogP contribution in [0.5, 0.6) is 0 Å². The van der Waals surface area contributed by atoms with Crippen molar-refractivity contribution in [3.8, 4) is 0 Å². The van der Waals surface area contributed by atoms with Gasteiger partial charge in [0, 0.05) is 18.6 Å². The Morgan fingerprint density at radius 1 is 1.29 bits per heavy atom. The van der Waals surface area contributed by atoms with Crippen molar-refractivity contribution in [1.29, 1.82) is 0 Å². The summed E-state index contributed by atoms with van der Waals surface area (Å²) < 4.78 is 0. The Labute approximate surface area is 88.1 Å². The van der Waals surface area contributed by atoms with E-state index in [1.165, 1.54) is 58.2 Å². The lowest BCUT2D eigenvalue weighted by molar-refractivity contribution is 0.0967. The molecule has 0 spiro atoms. The van der Waals surface area contributed by atoms with Gasteiger partial charge in [-0.05, 0) is 38.8 Å². The van der Waals surface area contributed by atoms with E-state index in [1.807, 2.05) is 0 Å². The Balaban J connectivity index is 1.91. The summed E-state index contributed by atoms with van der Waals surface area (Å²) in [6.07, 6.45) is 8.47. The first-order chi connectivity index (χ1) is 6.92. The van der Waals surface area contributed by atoms with Gasteiger partial charge in [0.15, 0.2) is 0 Å². The normalized spacial score (nSPS) is 34.9. The zero-order chi connectivity index (χ0) is 9.80. The van der Waals surface area contributed by atoms with Gasteiger partial charge in [0.1, 0.15) is 0 Å². The van der Waals surface area contributed by atoms with E-state index in [0.29, 0.717) is 0 Å². The largest absolute Gasteiger partial charge is 0.315 e. The summed E-state index contributed by atoms with van der Waals surface area (Å²) in [6.45, 7) is 6.15. The lowest BCUT2D eigenvalue weighted by Crippen LogP contribution is -2.47. The van der Waals surface area contributed by atoms with Crippen LogP contribution in [0, 0.1) is 0 Å². The third-order valence-corrected chi connectivity index (χ3v) is 3.80. The Morgan fingerprint density at radius 3 is 2.93 bits per heavy atom. The predicted molar refractivity (Wildman–Crippen MR) is 60.5 cm³/mol. The number of likely N-dealkylation sites (tertiary alicyclic amines) is 1. The summed E-state index contributed by atoms with van der Waals surface area (Å²) in [5.74, 6) is 0. The molecule has 0 aromatic heterocycles. The van der Waals surface area contributed by atoms with Crippen LogP contribution in [0.1, 0.15) is 45.4 Å². The van der Waals surface area contributed by atoms with Crippen molar-refractivity contribution in [3.05, 3.63) is 0 Å². The summed E-state index contributed by atoms with van der Waals surface area (Å²) >= 11 is 0. The Kier molecular flexibility index (Phi) is 3.82. The maximum Gasteiger partial charge on any atom is 0.0235 e. The smallest absolute Gasteiger partial charge is 0.0235 e. The maximum atomic E-state index is 3.49. The second-order valence-electron chi connectivity index (χ2n) is 4.82. The third-order valence-electron chi connectivity index (χ3n) is 3.80. The molecule has 0 saturated carbocycles. The van der Waals surface area contributed by atoms with E-state index in [0.717, 1.165) is 12.1 Å². The first-order valence-corrected chi connectivity index (χ1v) is 6.38. The Morgan fingerprint density at radius 2 is 2.21 bits per heavy atom. The van der Waals surface area contributed by atoms with Gasteiger partial charge in [0.2, 0.25) is 0 Å². The van der Waals surface area contributed by atoms with E-state index in [2.05, 4.69) is 17.1 Å². The van der Waals surface area contributed by atoms with Crippen molar-refractivity contribution in [2.45, 2.75) is 57.5 Å². The highest BCUT2D eigenvalue weighted by molar-refractivity contribution is 4.87. The topological polar surface area (TPSA) is 15.3 Å². The van der Waals surface area contributed by atoms with E-state index >= 15 is 0 Å². The van der Waals surface area contributed by atoms with Crippen molar-refractivity contribution < 1.29 is 0 Å². The SMILES string of the molecule is CCCC1CCCCN1C1CCNC1. The molecule has 0 amide bonds. The van der Waals surface area contributed by atoms with Crippen molar-refractivity contribution in [2.24, 2.45) is 0 Å². The second-order valence-corrected chi connectivity index (χ2v) is 4.82. The standard InChI is InChI=1S/C12H24N2/c1-2-5-11-6-3-4-9-14(11)12-7-8-13-10-12/h11-13H,2-10H2,1H3. The third kappa shape index (κ3) is 2.29. The predicted octanol–water partition coefficient (Wildman–Crippen LogP) is 2.00. The fraction of sp³-hybridized carbons (Fsp3) is 1.00. The summed E-state index contributed by atoms with van der Waals surface area (Å²) in [5.41, 5.74) is 0. The molecule has 2 aliphatic heterocycles. The molecule has 0 aromatic carbocycles. The van der Waals surface area contributed by atoms with Crippen LogP contribution in [0.3, 0.4) is 0 Å². The molecule has 14 heavy (non-hydrogen) atoms. The molecule has 2 heterocycles. The van der Waals surface area contributed by atoms with Gasteiger partial charge in [0.05, 0.1) is 0 Å². The van der Waals surface area contributed by atoms with Crippen molar-refractivity contribution in [2.75, 3.05) is 19.6 Å². The number of nitrogens with zero attached hydrogens (tertiary/aromatic N) is 1. The zero-order valence-corrected chi connectivity index (χ0v) is 9.47. The molecule has 2 fully saturated rings. The second kappa shape index (κ2) is 5.13. The molecule has 0 radical (unpaired) electrons. The number of piperidine rings is 1. The number of rotatable bonds is 3. The van der Waals surface area contributed by atoms with E-state index in [-0.39, 0.29) is 0 Å². The number of nitrogens with one attached hydrogen (secondary N) is 1. The van der Waals surface area contributed by atoms with E-state index < -0.39 is 0 Å². The van der Waals surface area contributed by atoms with Gasteiger partial charge in [-0.2, -0.15) is 0 Å². The minimum Gasteiger partial charge on any atom is -0.315 e. The highest BCUT2D eigenvalue weighted by Gasteiger charge is 2.29. The van der Waals surface area contributed by atoms with Crippen LogP contribution in [0.25, 0.3) is 0 Å². The summed E-state index contributed by atoms with van der Waals surface area (Å²) in [4.78, 5) is 2.80. The minimum atomic E-state index is 0.854.